The number of nitrogens with one attached hydrogen (secondary N) is 1. The Kier molecular flexibility index (Phi) is 5.81. The van der Waals surface area contributed by atoms with Crippen LogP contribution in [0.25, 0.3) is 5.69 Å². The molecule has 1 N–H and O–H groups in total. The molecule has 0 saturated carbocycles. The van der Waals surface area contributed by atoms with Gasteiger partial charge in [-0.15, -0.1) is 0 Å². The lowest BCUT2D eigenvalue weighted by molar-refractivity contribution is 0.535. The predicted octanol–water partition coefficient (Wildman–Crippen LogP) is 3.44. The van der Waals surface area contributed by atoms with Crippen molar-refractivity contribution in [2.75, 3.05) is 13.1 Å². The van der Waals surface area contributed by atoms with E-state index in [0.29, 0.717) is 0 Å². The molecule has 3 heteroatoms. The molecule has 0 atom stereocenters. The summed E-state index contributed by atoms with van der Waals surface area (Å²) in [6.07, 6.45) is 7.66. The molecule has 0 fully saturated rings. The number of aryl methyl sites for hydroxylation is 1. The van der Waals surface area contributed by atoms with Crippen LogP contribution in [0.15, 0.2) is 42.7 Å². The summed E-state index contributed by atoms with van der Waals surface area (Å²) in [6, 6.07) is 10.3. The van der Waals surface area contributed by atoms with E-state index in [0.717, 1.165) is 31.1 Å². The number of rotatable bonds is 8. The smallest absolute Gasteiger partial charge is 0.0645 e. The van der Waals surface area contributed by atoms with Crippen molar-refractivity contribution >= 4 is 0 Å². The van der Waals surface area contributed by atoms with Gasteiger partial charge in [-0.05, 0) is 56.0 Å². The van der Waals surface area contributed by atoms with E-state index in [2.05, 4.69) is 42.6 Å². The van der Waals surface area contributed by atoms with Crippen LogP contribution in [-0.4, -0.2) is 22.9 Å². The molecule has 0 radical (unpaired) electrons. The van der Waals surface area contributed by atoms with Gasteiger partial charge in [-0.3, -0.25) is 0 Å². The number of benzene rings is 1. The Hall–Kier alpha value is -1.61. The van der Waals surface area contributed by atoms with Gasteiger partial charge in [-0.1, -0.05) is 32.0 Å². The molecule has 108 valence electrons. The average Bonchev–Trinajstić information content (AvgIpc) is 2.92. The van der Waals surface area contributed by atoms with Crippen molar-refractivity contribution < 1.29 is 0 Å². The normalized spacial score (nSPS) is 11.2. The van der Waals surface area contributed by atoms with Crippen LogP contribution in [0.4, 0.5) is 0 Å². The minimum absolute atomic E-state index is 0.735. The number of hydrogen-bond donors (Lipinski definition) is 1. The molecule has 0 saturated heterocycles. The molecule has 0 aliphatic rings. The molecule has 3 nitrogen and oxygen atoms in total. The Morgan fingerprint density at radius 3 is 2.70 bits per heavy atom. The fourth-order valence-electron chi connectivity index (χ4n) is 2.18. The van der Waals surface area contributed by atoms with Gasteiger partial charge in [0.2, 0.25) is 0 Å². The molecular weight excluding hydrogens is 246 g/mol. The number of hydrogen-bond acceptors (Lipinski definition) is 2. The van der Waals surface area contributed by atoms with E-state index in [4.69, 9.17) is 0 Å². The van der Waals surface area contributed by atoms with Crippen molar-refractivity contribution in [1.29, 1.82) is 0 Å². The maximum atomic E-state index is 4.43. The van der Waals surface area contributed by atoms with Crippen molar-refractivity contribution in [3.8, 4) is 5.69 Å². The van der Waals surface area contributed by atoms with E-state index in [1.54, 1.807) is 0 Å². The standard InChI is InChI=1S/C17H25N3/c1-15(2)12-18-11-7-6-8-16-13-19-20(14-16)17-9-4-3-5-10-17/h3-5,9-10,13-15,18H,6-8,11-12H2,1-2H3. The van der Waals surface area contributed by atoms with Crippen molar-refractivity contribution in [1.82, 2.24) is 15.1 Å². The topological polar surface area (TPSA) is 29.9 Å². The highest BCUT2D eigenvalue weighted by molar-refractivity contribution is 5.30. The first-order chi connectivity index (χ1) is 9.75. The molecule has 2 aromatic rings. The zero-order valence-corrected chi connectivity index (χ0v) is 12.5. The molecule has 1 aromatic heterocycles. The summed E-state index contributed by atoms with van der Waals surface area (Å²) in [5, 5.41) is 7.91. The molecule has 0 aliphatic carbocycles. The van der Waals surface area contributed by atoms with Crippen LogP contribution >= 0.6 is 0 Å². The summed E-state index contributed by atoms with van der Waals surface area (Å²) in [5.74, 6) is 0.735. The molecule has 0 aliphatic heterocycles. The molecule has 0 spiro atoms. The van der Waals surface area contributed by atoms with Gasteiger partial charge in [0.1, 0.15) is 0 Å². The largest absolute Gasteiger partial charge is 0.316 e. The predicted molar refractivity (Wildman–Crippen MR) is 84.2 cm³/mol. The summed E-state index contributed by atoms with van der Waals surface area (Å²) < 4.78 is 1.95. The molecule has 20 heavy (non-hydrogen) atoms. The van der Waals surface area contributed by atoms with Crippen molar-refractivity contribution in [3.63, 3.8) is 0 Å². The van der Waals surface area contributed by atoms with E-state index in [1.807, 2.05) is 29.1 Å². The van der Waals surface area contributed by atoms with Gasteiger partial charge < -0.3 is 5.32 Å². The first kappa shape index (κ1) is 14.8. The van der Waals surface area contributed by atoms with Crippen LogP contribution in [0.1, 0.15) is 32.3 Å². The number of aromatic nitrogens is 2. The zero-order chi connectivity index (χ0) is 14.2. The van der Waals surface area contributed by atoms with E-state index in [-0.39, 0.29) is 0 Å². The van der Waals surface area contributed by atoms with Crippen LogP contribution in [-0.2, 0) is 6.42 Å². The Morgan fingerprint density at radius 1 is 1.15 bits per heavy atom. The van der Waals surface area contributed by atoms with E-state index < -0.39 is 0 Å². The zero-order valence-electron chi connectivity index (χ0n) is 12.5. The van der Waals surface area contributed by atoms with Crippen molar-refractivity contribution in [2.24, 2.45) is 5.92 Å². The molecule has 0 amide bonds. The molecule has 1 aromatic carbocycles. The van der Waals surface area contributed by atoms with Gasteiger partial charge >= 0.3 is 0 Å². The highest BCUT2D eigenvalue weighted by Gasteiger charge is 2.00. The van der Waals surface area contributed by atoms with Crippen LogP contribution in [0.3, 0.4) is 0 Å². The van der Waals surface area contributed by atoms with Crippen LogP contribution < -0.4 is 5.32 Å². The van der Waals surface area contributed by atoms with Crippen molar-refractivity contribution in [3.05, 3.63) is 48.3 Å². The third-order valence-corrected chi connectivity index (χ3v) is 3.28. The fourth-order valence-corrected chi connectivity index (χ4v) is 2.18. The summed E-state index contributed by atoms with van der Waals surface area (Å²) in [5.41, 5.74) is 2.44. The van der Waals surface area contributed by atoms with Crippen LogP contribution in [0.5, 0.6) is 0 Å². The molecule has 0 bridgehead atoms. The Morgan fingerprint density at radius 2 is 1.95 bits per heavy atom. The maximum absolute atomic E-state index is 4.43. The summed E-state index contributed by atoms with van der Waals surface area (Å²) in [4.78, 5) is 0. The second-order valence-electron chi connectivity index (χ2n) is 5.68. The second kappa shape index (κ2) is 7.85. The van der Waals surface area contributed by atoms with Gasteiger partial charge in [0.05, 0.1) is 11.9 Å². The number of unbranched alkanes of at least 4 members (excludes halogenated alkanes) is 1. The van der Waals surface area contributed by atoms with Gasteiger partial charge in [-0.2, -0.15) is 5.10 Å². The first-order valence-electron chi connectivity index (χ1n) is 7.55. The highest BCUT2D eigenvalue weighted by atomic mass is 15.3. The molecule has 2 rings (SSSR count). The van der Waals surface area contributed by atoms with E-state index >= 15 is 0 Å². The monoisotopic (exact) mass is 271 g/mol. The third-order valence-electron chi connectivity index (χ3n) is 3.28. The Bertz CT molecular complexity index is 488. The van der Waals surface area contributed by atoms with Crippen LogP contribution in [0, 0.1) is 5.92 Å². The van der Waals surface area contributed by atoms with Crippen LogP contribution in [0.2, 0.25) is 0 Å². The van der Waals surface area contributed by atoms with Crippen molar-refractivity contribution in [2.45, 2.75) is 33.1 Å². The summed E-state index contributed by atoms with van der Waals surface area (Å²) in [6.45, 7) is 6.72. The quantitative estimate of drug-likeness (QED) is 0.745. The Balaban J connectivity index is 1.71. The second-order valence-corrected chi connectivity index (χ2v) is 5.68. The lowest BCUT2D eigenvalue weighted by Gasteiger charge is -2.06. The molecular formula is C17H25N3. The Labute approximate surface area is 122 Å². The molecule has 0 unspecified atom stereocenters. The minimum atomic E-state index is 0.735. The number of nitrogens with zero attached hydrogens (tertiary/aromatic N) is 2. The van der Waals surface area contributed by atoms with Gasteiger partial charge in [0.15, 0.2) is 0 Å². The first-order valence-corrected chi connectivity index (χ1v) is 7.55. The van der Waals surface area contributed by atoms with E-state index in [9.17, 15) is 0 Å². The lowest BCUT2D eigenvalue weighted by Crippen LogP contribution is -2.20. The average molecular weight is 271 g/mol. The summed E-state index contributed by atoms with van der Waals surface area (Å²) in [7, 11) is 0. The van der Waals surface area contributed by atoms with Gasteiger partial charge in [-0.25, -0.2) is 4.68 Å². The minimum Gasteiger partial charge on any atom is -0.316 e. The SMILES string of the molecule is CC(C)CNCCCCc1cnn(-c2ccccc2)c1. The van der Waals surface area contributed by atoms with E-state index in [1.165, 1.54) is 18.4 Å². The summed E-state index contributed by atoms with van der Waals surface area (Å²) >= 11 is 0. The van der Waals surface area contributed by atoms with Gasteiger partial charge in [0, 0.05) is 6.20 Å². The lowest BCUT2D eigenvalue weighted by atomic mass is 10.1. The fraction of sp³-hybridized carbons (Fsp3) is 0.471. The van der Waals surface area contributed by atoms with Gasteiger partial charge in [0.25, 0.3) is 0 Å². The third kappa shape index (κ3) is 4.82. The molecule has 1 heterocycles. The number of para-hydroxylation sites is 1. The maximum Gasteiger partial charge on any atom is 0.0645 e. The highest BCUT2D eigenvalue weighted by Crippen LogP contribution is 2.09.